The molecule has 0 aliphatic rings. The first kappa shape index (κ1) is 38.0. The maximum atomic E-state index is 2.45. The number of nitrogens with zero attached hydrogens (tertiary/aromatic N) is 2. The molecule has 0 fully saturated rings. The number of fused-ring (bicyclic) bond motifs is 6. The molecule has 64 heavy (non-hydrogen) atoms. The van der Waals surface area contributed by atoms with Gasteiger partial charge in [-0.15, -0.1) is 22.7 Å². The average molecular weight is 853 g/mol. The number of para-hydroxylation sites is 2. The number of thiophene rings is 2. The van der Waals surface area contributed by atoms with E-state index >= 15 is 0 Å². The molecular formula is C60H40N2S2. The summed E-state index contributed by atoms with van der Waals surface area (Å²) in [5.41, 5.74) is 13.7. The predicted octanol–water partition coefficient (Wildman–Crippen LogP) is 18.4. The molecule has 0 radical (unpaired) electrons. The van der Waals surface area contributed by atoms with Crippen LogP contribution in [0.2, 0.25) is 0 Å². The molecular weight excluding hydrogens is 813 g/mol. The molecule has 0 atom stereocenters. The summed E-state index contributed by atoms with van der Waals surface area (Å²) in [6.45, 7) is 0. The van der Waals surface area contributed by atoms with E-state index in [0.29, 0.717) is 0 Å². The average Bonchev–Trinajstić information content (AvgIpc) is 3.93. The van der Waals surface area contributed by atoms with Gasteiger partial charge in [-0.2, -0.15) is 0 Å². The van der Waals surface area contributed by atoms with Crippen molar-refractivity contribution in [3.63, 3.8) is 0 Å². The van der Waals surface area contributed by atoms with Gasteiger partial charge in [0, 0.05) is 64.1 Å². The van der Waals surface area contributed by atoms with Crippen molar-refractivity contribution in [2.45, 2.75) is 0 Å². The molecule has 0 saturated heterocycles. The molecule has 0 aliphatic heterocycles. The highest BCUT2D eigenvalue weighted by Crippen LogP contribution is 2.50. The van der Waals surface area contributed by atoms with E-state index in [9.17, 15) is 0 Å². The van der Waals surface area contributed by atoms with Crippen LogP contribution in [0.1, 0.15) is 0 Å². The highest BCUT2D eigenvalue weighted by molar-refractivity contribution is 7.26. The van der Waals surface area contributed by atoms with E-state index in [2.05, 4.69) is 252 Å². The molecule has 0 N–H and O–H groups in total. The van der Waals surface area contributed by atoms with Crippen molar-refractivity contribution in [1.82, 2.24) is 0 Å². The highest BCUT2D eigenvalue weighted by Gasteiger charge is 2.24. The molecule has 10 aromatic carbocycles. The van der Waals surface area contributed by atoms with Crippen LogP contribution in [0, 0.1) is 0 Å². The molecule has 12 rings (SSSR count). The van der Waals surface area contributed by atoms with Gasteiger partial charge in [0.05, 0.1) is 10.4 Å². The molecule has 0 bridgehead atoms. The second kappa shape index (κ2) is 16.2. The van der Waals surface area contributed by atoms with Gasteiger partial charge in [-0.3, -0.25) is 0 Å². The Morgan fingerprint density at radius 1 is 0.234 bits per heavy atom. The summed E-state index contributed by atoms with van der Waals surface area (Å²) in [6.07, 6.45) is 0. The third kappa shape index (κ3) is 6.90. The van der Waals surface area contributed by atoms with E-state index in [4.69, 9.17) is 0 Å². The summed E-state index contributed by atoms with van der Waals surface area (Å²) in [6, 6.07) is 88.5. The monoisotopic (exact) mass is 852 g/mol. The summed E-state index contributed by atoms with van der Waals surface area (Å²) in [5, 5.41) is 5.09. The Balaban J connectivity index is 1.12. The van der Waals surface area contributed by atoms with Crippen LogP contribution in [-0.4, -0.2) is 0 Å². The predicted molar refractivity (Wildman–Crippen MR) is 278 cm³/mol. The van der Waals surface area contributed by atoms with Gasteiger partial charge in [-0.25, -0.2) is 0 Å². The van der Waals surface area contributed by atoms with Gasteiger partial charge in [0.25, 0.3) is 0 Å². The van der Waals surface area contributed by atoms with Crippen LogP contribution in [0.5, 0.6) is 0 Å². The van der Waals surface area contributed by atoms with Crippen molar-refractivity contribution in [2.24, 2.45) is 0 Å². The van der Waals surface area contributed by atoms with Gasteiger partial charge in [0.15, 0.2) is 0 Å². The first-order valence-electron chi connectivity index (χ1n) is 21.7. The minimum absolute atomic E-state index is 1.08. The van der Waals surface area contributed by atoms with Gasteiger partial charge in [0.2, 0.25) is 0 Å². The van der Waals surface area contributed by atoms with E-state index in [1.54, 1.807) is 0 Å². The van der Waals surface area contributed by atoms with Crippen LogP contribution >= 0.6 is 22.7 Å². The zero-order chi connectivity index (χ0) is 42.4. The Kier molecular flexibility index (Phi) is 9.59. The minimum atomic E-state index is 1.08. The lowest BCUT2D eigenvalue weighted by molar-refractivity contribution is 1.26. The van der Waals surface area contributed by atoms with Crippen molar-refractivity contribution >= 4 is 97.1 Å². The first-order chi connectivity index (χ1) is 31.7. The summed E-state index contributed by atoms with van der Waals surface area (Å²) in [4.78, 5) is 4.87. The van der Waals surface area contributed by atoms with E-state index in [-0.39, 0.29) is 0 Å². The van der Waals surface area contributed by atoms with Crippen molar-refractivity contribution in [3.8, 4) is 33.4 Å². The SMILES string of the molecule is c1ccc(-c2cccc(N(c3ccccc3)c3cc(N(c4ccccc4)c4cccc(-c5ccccc5)c4)c4sc5ccc(-c6ccc7sc8ccccc8c7c6)cc5c4c3)c2)cc1. The van der Waals surface area contributed by atoms with Crippen LogP contribution in [0.3, 0.4) is 0 Å². The Labute approximate surface area is 380 Å². The fourth-order valence-electron chi connectivity index (χ4n) is 9.16. The third-order valence-corrected chi connectivity index (χ3v) is 14.6. The summed E-state index contributed by atoms with van der Waals surface area (Å²) in [7, 11) is 0. The number of hydrogen-bond acceptors (Lipinski definition) is 4. The van der Waals surface area contributed by atoms with E-state index in [0.717, 1.165) is 34.1 Å². The van der Waals surface area contributed by atoms with Crippen molar-refractivity contribution in [2.75, 3.05) is 9.80 Å². The quantitative estimate of drug-likeness (QED) is 0.143. The first-order valence-corrected chi connectivity index (χ1v) is 23.3. The van der Waals surface area contributed by atoms with Crippen molar-refractivity contribution in [3.05, 3.63) is 243 Å². The smallest absolute Gasteiger partial charge is 0.0661 e. The third-order valence-electron chi connectivity index (χ3n) is 12.2. The number of anilines is 6. The topological polar surface area (TPSA) is 6.48 Å². The molecule has 0 aliphatic carbocycles. The maximum Gasteiger partial charge on any atom is 0.0661 e. The van der Waals surface area contributed by atoms with Gasteiger partial charge >= 0.3 is 0 Å². The van der Waals surface area contributed by atoms with Crippen LogP contribution in [-0.2, 0) is 0 Å². The summed E-state index contributed by atoms with van der Waals surface area (Å²) in [5.74, 6) is 0. The number of hydrogen-bond donors (Lipinski definition) is 0. The van der Waals surface area contributed by atoms with Gasteiger partial charge in [-0.1, -0.05) is 152 Å². The normalized spacial score (nSPS) is 11.4. The van der Waals surface area contributed by atoms with Gasteiger partial charge in [-0.05, 0) is 124 Å². The fraction of sp³-hybridized carbons (Fsp3) is 0. The zero-order valence-corrected chi connectivity index (χ0v) is 36.4. The Hall–Kier alpha value is -7.76. The molecule has 12 aromatic rings. The van der Waals surface area contributed by atoms with Crippen molar-refractivity contribution in [1.29, 1.82) is 0 Å². The number of benzene rings is 10. The Morgan fingerprint density at radius 3 is 1.28 bits per heavy atom. The lowest BCUT2D eigenvalue weighted by atomic mass is 10.00. The lowest BCUT2D eigenvalue weighted by Gasteiger charge is -2.30. The molecule has 2 aromatic heterocycles. The van der Waals surface area contributed by atoms with Crippen LogP contribution in [0.25, 0.3) is 73.7 Å². The second-order valence-electron chi connectivity index (χ2n) is 16.1. The van der Waals surface area contributed by atoms with E-state index in [1.165, 1.54) is 73.7 Å². The van der Waals surface area contributed by atoms with Crippen LogP contribution in [0.15, 0.2) is 243 Å². The minimum Gasteiger partial charge on any atom is -0.310 e. The van der Waals surface area contributed by atoms with Gasteiger partial charge in [0.1, 0.15) is 0 Å². The van der Waals surface area contributed by atoms with Gasteiger partial charge < -0.3 is 9.80 Å². The van der Waals surface area contributed by atoms with Crippen molar-refractivity contribution < 1.29 is 0 Å². The number of rotatable bonds is 9. The van der Waals surface area contributed by atoms with Crippen LogP contribution in [0.4, 0.5) is 34.1 Å². The molecule has 0 saturated carbocycles. The largest absolute Gasteiger partial charge is 0.310 e. The fourth-order valence-corrected chi connectivity index (χ4v) is 11.4. The molecule has 0 spiro atoms. The van der Waals surface area contributed by atoms with Crippen LogP contribution < -0.4 is 9.80 Å². The zero-order valence-electron chi connectivity index (χ0n) is 34.8. The molecule has 302 valence electrons. The van der Waals surface area contributed by atoms with E-state index < -0.39 is 0 Å². The highest BCUT2D eigenvalue weighted by atomic mass is 32.1. The second-order valence-corrected chi connectivity index (χ2v) is 18.3. The standard InChI is InChI=1S/C60H40N2S2/c1-5-17-41(18-6-1)43-21-15-27-49(35-43)61(47-23-9-3-10-24-47)51-39-55-54-38-46(45-31-33-58-53(37-45)52-29-13-14-30-57(52)63-58)32-34-59(54)64-60(55)56(40-51)62(48-25-11-4-12-26-48)50-28-16-22-44(36-50)42-19-7-2-8-20-42/h1-40H. The molecule has 4 heteroatoms. The molecule has 0 unspecified atom stereocenters. The van der Waals surface area contributed by atoms with E-state index in [1.807, 2.05) is 22.7 Å². The Morgan fingerprint density at radius 2 is 0.672 bits per heavy atom. The molecule has 2 nitrogen and oxygen atoms in total. The summed E-state index contributed by atoms with van der Waals surface area (Å²) < 4.78 is 5.12. The maximum absolute atomic E-state index is 2.45. The summed E-state index contributed by atoms with van der Waals surface area (Å²) >= 11 is 3.73. The Bertz CT molecular complexity index is 3610. The lowest BCUT2D eigenvalue weighted by Crippen LogP contribution is -2.13. The molecule has 2 heterocycles. The molecule has 0 amide bonds.